The van der Waals surface area contributed by atoms with Crippen molar-refractivity contribution >= 4 is 0 Å². The van der Waals surface area contributed by atoms with E-state index in [1.165, 1.54) is 0 Å². The van der Waals surface area contributed by atoms with Gasteiger partial charge >= 0.3 is 0 Å². The van der Waals surface area contributed by atoms with E-state index >= 15 is 0 Å². The lowest BCUT2D eigenvalue weighted by atomic mass is 10.2. The third kappa shape index (κ3) is 2.61. The van der Waals surface area contributed by atoms with Gasteiger partial charge in [-0.2, -0.15) is 5.26 Å². The summed E-state index contributed by atoms with van der Waals surface area (Å²) in [6, 6.07) is 19.2. The Morgan fingerprint density at radius 3 is 2.25 bits per heavy atom. The van der Waals surface area contributed by atoms with Gasteiger partial charge in [0, 0.05) is 0 Å². The van der Waals surface area contributed by atoms with Crippen LogP contribution in [0.1, 0.15) is 11.1 Å². The molecule has 0 aliphatic heterocycles. The van der Waals surface area contributed by atoms with Crippen molar-refractivity contribution in [1.82, 2.24) is 0 Å². The van der Waals surface area contributed by atoms with Gasteiger partial charge in [-0.25, -0.2) is 0 Å². The average Bonchev–Trinajstić information content (AvgIpc) is 2.38. The maximum absolute atomic E-state index is 8.66. The van der Waals surface area contributed by atoms with Crippen molar-refractivity contribution in [1.29, 1.82) is 5.26 Å². The third-order valence-corrected chi connectivity index (χ3v) is 2.23. The zero-order valence-electron chi connectivity index (χ0n) is 8.76. The molecule has 16 heavy (non-hydrogen) atoms. The molecule has 0 aliphatic rings. The fraction of sp³-hybridized carbons (Fsp3) is 0.0714. The molecule has 0 unspecified atom stereocenters. The smallest absolute Gasteiger partial charge is 0.119 e. The molecule has 0 fully saturated rings. The topological polar surface area (TPSA) is 33.0 Å². The number of hydrogen-bond acceptors (Lipinski definition) is 2. The Morgan fingerprint density at radius 1 is 0.938 bits per heavy atom. The van der Waals surface area contributed by atoms with Crippen LogP contribution in [-0.2, 0) is 6.61 Å². The predicted octanol–water partition coefficient (Wildman–Crippen LogP) is 3.14. The Balaban J connectivity index is 1.98. The molecule has 78 valence electrons. The first-order valence-corrected chi connectivity index (χ1v) is 5.05. The summed E-state index contributed by atoms with van der Waals surface area (Å²) in [5, 5.41) is 8.66. The van der Waals surface area contributed by atoms with Crippen molar-refractivity contribution in [2.24, 2.45) is 0 Å². The number of benzene rings is 2. The van der Waals surface area contributed by atoms with Crippen LogP contribution in [0, 0.1) is 11.3 Å². The van der Waals surface area contributed by atoms with Gasteiger partial charge in [-0.3, -0.25) is 0 Å². The second-order valence-electron chi connectivity index (χ2n) is 3.41. The number of para-hydroxylation sites is 1. The Kier molecular flexibility index (Phi) is 3.20. The van der Waals surface area contributed by atoms with Crippen LogP contribution in [0.5, 0.6) is 5.75 Å². The molecule has 0 heterocycles. The summed E-state index contributed by atoms with van der Waals surface area (Å²) in [6.07, 6.45) is 0. The molecule has 0 saturated carbocycles. The molecule has 0 aliphatic carbocycles. The number of rotatable bonds is 3. The highest BCUT2D eigenvalue weighted by molar-refractivity contribution is 5.31. The monoisotopic (exact) mass is 209 g/mol. The van der Waals surface area contributed by atoms with Crippen LogP contribution in [0.3, 0.4) is 0 Å². The fourth-order valence-corrected chi connectivity index (χ4v) is 1.36. The van der Waals surface area contributed by atoms with Crippen molar-refractivity contribution in [3.63, 3.8) is 0 Å². The summed E-state index contributed by atoms with van der Waals surface area (Å²) < 4.78 is 5.58. The van der Waals surface area contributed by atoms with Gasteiger partial charge in [0.05, 0.1) is 11.6 Å². The first-order chi connectivity index (χ1) is 7.88. The van der Waals surface area contributed by atoms with Gasteiger partial charge in [-0.1, -0.05) is 30.3 Å². The van der Waals surface area contributed by atoms with E-state index in [9.17, 15) is 0 Å². The summed E-state index contributed by atoms with van der Waals surface area (Å²) in [6.45, 7) is 0.524. The highest BCUT2D eigenvalue weighted by atomic mass is 16.5. The lowest BCUT2D eigenvalue weighted by Gasteiger charge is -2.05. The molecule has 0 spiro atoms. The molecule has 2 nitrogen and oxygen atoms in total. The lowest BCUT2D eigenvalue weighted by molar-refractivity contribution is 0.306. The van der Waals surface area contributed by atoms with E-state index in [0.717, 1.165) is 11.3 Å². The molecule has 0 aromatic heterocycles. The second kappa shape index (κ2) is 4.99. The van der Waals surface area contributed by atoms with Crippen molar-refractivity contribution in [3.8, 4) is 11.8 Å². The third-order valence-electron chi connectivity index (χ3n) is 2.23. The molecule has 2 rings (SSSR count). The largest absolute Gasteiger partial charge is 0.489 e. The normalized spacial score (nSPS) is 9.44. The van der Waals surface area contributed by atoms with Gasteiger partial charge in [0.15, 0.2) is 0 Å². The van der Waals surface area contributed by atoms with Crippen molar-refractivity contribution < 1.29 is 4.74 Å². The number of nitriles is 1. The van der Waals surface area contributed by atoms with Crippen LogP contribution in [0.4, 0.5) is 0 Å². The van der Waals surface area contributed by atoms with Crippen LogP contribution in [-0.4, -0.2) is 0 Å². The molecular formula is C14H11NO. The molecule has 0 radical (unpaired) electrons. The highest BCUT2D eigenvalue weighted by Gasteiger charge is 1.95. The van der Waals surface area contributed by atoms with Gasteiger partial charge < -0.3 is 4.74 Å². The minimum absolute atomic E-state index is 0.524. The first-order valence-electron chi connectivity index (χ1n) is 5.05. The number of hydrogen-bond donors (Lipinski definition) is 0. The quantitative estimate of drug-likeness (QED) is 0.778. The standard InChI is InChI=1S/C14H11NO/c15-10-12-6-8-13(9-7-12)11-16-14-4-2-1-3-5-14/h1-9H,11H2. The molecule has 0 N–H and O–H groups in total. The maximum atomic E-state index is 8.66. The fourth-order valence-electron chi connectivity index (χ4n) is 1.36. The molecule has 2 aromatic carbocycles. The first kappa shape index (κ1) is 10.3. The minimum atomic E-state index is 0.524. The predicted molar refractivity (Wildman–Crippen MR) is 61.9 cm³/mol. The molecule has 0 amide bonds. The van der Waals surface area contributed by atoms with E-state index in [1.807, 2.05) is 42.5 Å². The SMILES string of the molecule is N#Cc1ccc(COc2ccccc2)cc1. The maximum Gasteiger partial charge on any atom is 0.119 e. The van der Waals surface area contributed by atoms with Gasteiger partial charge in [0.2, 0.25) is 0 Å². The Morgan fingerprint density at radius 2 is 1.62 bits per heavy atom. The summed E-state index contributed by atoms with van der Waals surface area (Å²) in [5.74, 6) is 0.854. The summed E-state index contributed by atoms with van der Waals surface area (Å²) in [7, 11) is 0. The molecule has 2 heteroatoms. The van der Waals surface area contributed by atoms with E-state index in [4.69, 9.17) is 10.00 Å². The summed E-state index contributed by atoms with van der Waals surface area (Å²) in [5.41, 5.74) is 1.73. The van der Waals surface area contributed by atoms with Crippen LogP contribution in [0.15, 0.2) is 54.6 Å². The van der Waals surface area contributed by atoms with Gasteiger partial charge in [-0.05, 0) is 29.8 Å². The van der Waals surface area contributed by atoms with Crippen molar-refractivity contribution in [2.45, 2.75) is 6.61 Å². The Hall–Kier alpha value is -2.27. The van der Waals surface area contributed by atoms with Gasteiger partial charge in [-0.15, -0.1) is 0 Å². The molecule has 0 atom stereocenters. The average molecular weight is 209 g/mol. The van der Waals surface area contributed by atoms with Crippen LogP contribution in [0.25, 0.3) is 0 Å². The number of nitrogens with zero attached hydrogens (tertiary/aromatic N) is 1. The highest BCUT2D eigenvalue weighted by Crippen LogP contribution is 2.11. The minimum Gasteiger partial charge on any atom is -0.489 e. The lowest BCUT2D eigenvalue weighted by Crippen LogP contribution is -1.94. The van der Waals surface area contributed by atoms with Crippen molar-refractivity contribution in [3.05, 3.63) is 65.7 Å². The van der Waals surface area contributed by atoms with Crippen molar-refractivity contribution in [2.75, 3.05) is 0 Å². The molecule has 0 bridgehead atoms. The Labute approximate surface area is 94.7 Å². The van der Waals surface area contributed by atoms with E-state index < -0.39 is 0 Å². The van der Waals surface area contributed by atoms with E-state index in [2.05, 4.69) is 6.07 Å². The molecular weight excluding hydrogens is 198 g/mol. The zero-order valence-corrected chi connectivity index (χ0v) is 8.76. The van der Waals surface area contributed by atoms with E-state index in [0.29, 0.717) is 12.2 Å². The Bertz CT molecular complexity index is 482. The number of ether oxygens (including phenoxy) is 1. The van der Waals surface area contributed by atoms with Gasteiger partial charge in [0.1, 0.15) is 12.4 Å². The summed E-state index contributed by atoms with van der Waals surface area (Å²) >= 11 is 0. The van der Waals surface area contributed by atoms with Gasteiger partial charge in [0.25, 0.3) is 0 Å². The van der Waals surface area contributed by atoms with Crippen LogP contribution in [0.2, 0.25) is 0 Å². The van der Waals surface area contributed by atoms with E-state index in [1.54, 1.807) is 12.1 Å². The zero-order chi connectivity index (χ0) is 11.2. The summed E-state index contributed by atoms with van der Waals surface area (Å²) in [4.78, 5) is 0. The van der Waals surface area contributed by atoms with E-state index in [-0.39, 0.29) is 0 Å². The molecule has 0 saturated heterocycles. The van der Waals surface area contributed by atoms with Crippen LogP contribution >= 0.6 is 0 Å². The second-order valence-corrected chi connectivity index (χ2v) is 3.41. The van der Waals surface area contributed by atoms with Crippen LogP contribution < -0.4 is 4.74 Å². The molecule has 2 aromatic rings.